The van der Waals surface area contributed by atoms with Crippen LogP contribution in [-0.2, 0) is 10.3 Å². The molecule has 3 heterocycles. The largest absolute Gasteiger partial charge is 0.487 e. The van der Waals surface area contributed by atoms with Crippen LogP contribution in [0.1, 0.15) is 25.8 Å². The summed E-state index contributed by atoms with van der Waals surface area (Å²) in [7, 11) is 1.63. The number of hydrogen-bond acceptors (Lipinski definition) is 5. The second kappa shape index (κ2) is 5.20. The molecule has 0 saturated carbocycles. The van der Waals surface area contributed by atoms with Crippen LogP contribution in [0.3, 0.4) is 0 Å². The van der Waals surface area contributed by atoms with E-state index in [1.54, 1.807) is 19.3 Å². The van der Waals surface area contributed by atoms with Gasteiger partial charge in [0.25, 0.3) is 5.91 Å². The molecule has 0 bridgehead atoms. The molecule has 1 unspecified atom stereocenters. The fraction of sp³-hybridized carbons (Fsp3) is 0.316. The van der Waals surface area contributed by atoms with Gasteiger partial charge in [0.1, 0.15) is 11.4 Å². The molecule has 1 aromatic carbocycles. The molecule has 4 rings (SSSR count). The standard InChI is InChI=1S/C19H20N4O3/c1-18(2)10-19(16(25)23(3)17(20)22-19)13-8-11(4-6-14(13)26-18)12-5-7-15(24)21-9-12/h4-9H,10H2,1-3H3,(H2,20,22)(H,21,24). The zero-order chi connectivity index (χ0) is 18.7. The van der Waals surface area contributed by atoms with E-state index in [-0.39, 0.29) is 17.4 Å². The first-order valence-corrected chi connectivity index (χ1v) is 8.38. The summed E-state index contributed by atoms with van der Waals surface area (Å²) in [6.45, 7) is 3.87. The predicted octanol–water partition coefficient (Wildman–Crippen LogP) is 1.58. The summed E-state index contributed by atoms with van der Waals surface area (Å²) in [5.74, 6) is 0.661. The zero-order valence-corrected chi connectivity index (χ0v) is 14.9. The number of nitrogens with one attached hydrogen (secondary N) is 1. The Morgan fingerprint density at radius 2 is 1.92 bits per heavy atom. The second-order valence-corrected chi connectivity index (χ2v) is 7.39. The SMILES string of the molecule is CN1C(=O)C2(CC(C)(C)Oc3ccc(-c4ccc(=O)[nH]c4)cc32)N=C1N. The van der Waals surface area contributed by atoms with Crippen molar-refractivity contribution in [3.8, 4) is 16.9 Å². The fourth-order valence-electron chi connectivity index (χ4n) is 3.75. The van der Waals surface area contributed by atoms with Gasteiger partial charge in [0.05, 0.1) is 0 Å². The van der Waals surface area contributed by atoms with Crippen molar-refractivity contribution >= 4 is 11.9 Å². The maximum absolute atomic E-state index is 13.1. The summed E-state index contributed by atoms with van der Waals surface area (Å²) in [6, 6.07) is 8.84. The first kappa shape index (κ1) is 16.4. The number of fused-ring (bicyclic) bond motifs is 2. The van der Waals surface area contributed by atoms with Crippen molar-refractivity contribution in [3.63, 3.8) is 0 Å². The van der Waals surface area contributed by atoms with Crippen LogP contribution in [-0.4, -0.2) is 34.4 Å². The number of likely N-dealkylation sites (N-methyl/N-ethyl adjacent to an activating group) is 1. The highest BCUT2D eigenvalue weighted by atomic mass is 16.5. The summed E-state index contributed by atoms with van der Waals surface area (Å²) in [6.07, 6.45) is 2.04. The van der Waals surface area contributed by atoms with E-state index in [9.17, 15) is 9.59 Å². The summed E-state index contributed by atoms with van der Waals surface area (Å²) >= 11 is 0. The molecule has 1 atom stereocenters. The van der Waals surface area contributed by atoms with Crippen molar-refractivity contribution in [1.82, 2.24) is 9.88 Å². The summed E-state index contributed by atoms with van der Waals surface area (Å²) in [5, 5.41) is 0. The highest BCUT2D eigenvalue weighted by Crippen LogP contribution is 2.49. The van der Waals surface area contributed by atoms with Crippen LogP contribution in [0, 0.1) is 0 Å². The number of hydrogen-bond donors (Lipinski definition) is 2. The van der Waals surface area contributed by atoms with Gasteiger partial charge in [-0.1, -0.05) is 6.07 Å². The van der Waals surface area contributed by atoms with Crippen LogP contribution in [0.4, 0.5) is 0 Å². The fourth-order valence-corrected chi connectivity index (χ4v) is 3.75. The number of carbonyl (C=O) groups is 1. The summed E-state index contributed by atoms with van der Waals surface area (Å²) in [4.78, 5) is 33.0. The van der Waals surface area contributed by atoms with Crippen molar-refractivity contribution in [2.24, 2.45) is 10.7 Å². The number of benzene rings is 1. The molecule has 0 saturated heterocycles. The van der Waals surface area contributed by atoms with Crippen LogP contribution in [0.5, 0.6) is 5.75 Å². The second-order valence-electron chi connectivity index (χ2n) is 7.39. The molecule has 2 aliphatic rings. The Morgan fingerprint density at radius 3 is 2.54 bits per heavy atom. The lowest BCUT2D eigenvalue weighted by atomic mass is 9.77. The monoisotopic (exact) mass is 352 g/mol. The van der Waals surface area contributed by atoms with Gasteiger partial charge in [-0.3, -0.25) is 14.5 Å². The molecular formula is C19H20N4O3. The molecule has 7 nitrogen and oxygen atoms in total. The first-order chi connectivity index (χ1) is 12.2. The molecule has 1 spiro atoms. The lowest BCUT2D eigenvalue weighted by Crippen LogP contribution is -2.49. The zero-order valence-electron chi connectivity index (χ0n) is 14.9. The van der Waals surface area contributed by atoms with Gasteiger partial charge >= 0.3 is 0 Å². The molecule has 1 aromatic heterocycles. The molecule has 0 fully saturated rings. The Bertz CT molecular complexity index is 988. The van der Waals surface area contributed by atoms with Crippen molar-refractivity contribution in [2.45, 2.75) is 31.4 Å². The molecule has 26 heavy (non-hydrogen) atoms. The maximum Gasteiger partial charge on any atom is 0.261 e. The van der Waals surface area contributed by atoms with Crippen LogP contribution in [0.25, 0.3) is 11.1 Å². The van der Waals surface area contributed by atoms with E-state index in [4.69, 9.17) is 10.5 Å². The van der Waals surface area contributed by atoms with Crippen molar-refractivity contribution in [2.75, 3.05) is 7.05 Å². The number of rotatable bonds is 1. The highest BCUT2D eigenvalue weighted by Gasteiger charge is 2.55. The van der Waals surface area contributed by atoms with Crippen molar-refractivity contribution in [1.29, 1.82) is 0 Å². The normalized spacial score (nSPS) is 23.6. The molecule has 2 aromatic rings. The number of aromatic amines is 1. The lowest BCUT2D eigenvalue weighted by Gasteiger charge is -2.41. The number of nitrogens with two attached hydrogens (primary N) is 1. The Morgan fingerprint density at radius 1 is 1.19 bits per heavy atom. The van der Waals surface area contributed by atoms with Crippen LogP contribution < -0.4 is 16.0 Å². The molecule has 0 radical (unpaired) electrons. The Labute approximate surface area is 150 Å². The van der Waals surface area contributed by atoms with Crippen LogP contribution >= 0.6 is 0 Å². The van der Waals surface area contributed by atoms with Crippen molar-refractivity contribution in [3.05, 3.63) is 52.4 Å². The number of H-pyrrole nitrogens is 1. The lowest BCUT2D eigenvalue weighted by molar-refractivity contribution is -0.133. The topological polar surface area (TPSA) is 101 Å². The van der Waals surface area contributed by atoms with E-state index in [2.05, 4.69) is 9.98 Å². The predicted molar refractivity (Wildman–Crippen MR) is 97.9 cm³/mol. The van der Waals surface area contributed by atoms with E-state index < -0.39 is 11.1 Å². The van der Waals surface area contributed by atoms with Gasteiger partial charge in [-0.25, -0.2) is 4.99 Å². The number of ether oxygens (including phenoxy) is 1. The number of carbonyl (C=O) groups excluding carboxylic acids is 1. The van der Waals surface area contributed by atoms with Gasteiger partial charge in [-0.15, -0.1) is 0 Å². The maximum atomic E-state index is 13.1. The third kappa shape index (κ3) is 2.31. The third-order valence-electron chi connectivity index (χ3n) is 4.92. The molecular weight excluding hydrogens is 332 g/mol. The Kier molecular flexibility index (Phi) is 3.28. The van der Waals surface area contributed by atoms with Gasteiger partial charge in [0.2, 0.25) is 5.56 Å². The van der Waals surface area contributed by atoms with E-state index in [0.29, 0.717) is 17.7 Å². The number of aromatic nitrogens is 1. The summed E-state index contributed by atoms with van der Waals surface area (Å²) in [5.41, 5.74) is 6.53. The minimum absolute atomic E-state index is 0.161. The van der Waals surface area contributed by atoms with Gasteiger partial charge in [-0.05, 0) is 43.2 Å². The third-order valence-corrected chi connectivity index (χ3v) is 4.92. The Hall–Kier alpha value is -3.09. The van der Waals surface area contributed by atoms with E-state index >= 15 is 0 Å². The molecule has 134 valence electrons. The smallest absolute Gasteiger partial charge is 0.261 e. The number of guanidine groups is 1. The average molecular weight is 352 g/mol. The first-order valence-electron chi connectivity index (χ1n) is 8.38. The number of amides is 1. The van der Waals surface area contributed by atoms with Crippen LogP contribution in [0.15, 0.2) is 46.3 Å². The number of aliphatic imine (C=N–C) groups is 1. The number of nitrogens with zero attached hydrogens (tertiary/aromatic N) is 2. The van der Waals surface area contributed by atoms with Gasteiger partial charge in [-0.2, -0.15) is 0 Å². The Balaban J connectivity index is 1.92. The summed E-state index contributed by atoms with van der Waals surface area (Å²) < 4.78 is 6.10. The van der Waals surface area contributed by atoms with Gasteiger partial charge in [0, 0.05) is 31.3 Å². The molecule has 7 heteroatoms. The molecule has 3 N–H and O–H groups in total. The quantitative estimate of drug-likeness (QED) is 0.814. The minimum atomic E-state index is -1.09. The van der Waals surface area contributed by atoms with E-state index in [0.717, 1.165) is 11.1 Å². The minimum Gasteiger partial charge on any atom is -0.487 e. The molecule has 2 aliphatic heterocycles. The van der Waals surface area contributed by atoms with Crippen LogP contribution in [0.2, 0.25) is 0 Å². The molecule has 1 amide bonds. The van der Waals surface area contributed by atoms with E-state index in [1.165, 1.54) is 11.0 Å². The average Bonchev–Trinajstić information content (AvgIpc) is 2.79. The van der Waals surface area contributed by atoms with Gasteiger partial charge in [0.15, 0.2) is 11.5 Å². The highest BCUT2D eigenvalue weighted by molar-refractivity contribution is 6.07. The number of pyridine rings is 1. The van der Waals surface area contributed by atoms with Gasteiger partial charge < -0.3 is 15.5 Å². The van der Waals surface area contributed by atoms with E-state index in [1.807, 2.05) is 32.0 Å². The molecule has 0 aliphatic carbocycles. The van der Waals surface area contributed by atoms with Crippen molar-refractivity contribution < 1.29 is 9.53 Å².